The molecule has 5 rings (SSSR count). The maximum atomic E-state index is 13.5. The molecule has 0 aliphatic rings. The summed E-state index contributed by atoms with van der Waals surface area (Å²) in [5, 5.41) is 9.88. The van der Waals surface area contributed by atoms with Gasteiger partial charge in [0.05, 0.1) is 22.3 Å². The Hall–Kier alpha value is -3.91. The Kier molecular flexibility index (Phi) is 5.90. The van der Waals surface area contributed by atoms with Crippen LogP contribution in [0, 0.1) is 6.92 Å². The van der Waals surface area contributed by atoms with E-state index in [0.29, 0.717) is 28.4 Å². The number of anilines is 1. The smallest absolute Gasteiger partial charge is 0.267 e. The molecule has 0 saturated heterocycles. The number of fused-ring (bicyclic) bond motifs is 3. The number of amides is 1. The highest BCUT2D eigenvalue weighted by Gasteiger charge is 2.20. The van der Waals surface area contributed by atoms with Gasteiger partial charge in [-0.05, 0) is 49.7 Å². The second kappa shape index (κ2) is 9.15. The zero-order chi connectivity index (χ0) is 23.7. The number of aryl methyl sites for hydroxylation is 1. The number of aromatic nitrogens is 4. The number of rotatable bonds is 6. The fraction of sp³-hybridized carbons (Fsp3) is 0.154. The summed E-state index contributed by atoms with van der Waals surface area (Å²) in [5.74, 6) is 0.594. The standard InChI is InChI=1S/C26H23N5O2S/c1-3-29(19-12-5-4-6-13-19)23(32)17-34-26-28-27-25-30(21-15-9-7-11-18(21)2)24(33)20-14-8-10-16-22(20)31(25)26/h4-16H,3,17H2,1-2H3. The van der Waals surface area contributed by atoms with E-state index in [0.717, 1.165) is 16.9 Å². The molecule has 8 heteroatoms. The van der Waals surface area contributed by atoms with Crippen molar-refractivity contribution in [3.05, 3.63) is 94.8 Å². The molecule has 0 aliphatic carbocycles. The molecule has 0 atom stereocenters. The minimum atomic E-state index is -0.154. The van der Waals surface area contributed by atoms with Gasteiger partial charge >= 0.3 is 0 Å². The molecule has 3 aromatic carbocycles. The Morgan fingerprint density at radius 3 is 2.41 bits per heavy atom. The average Bonchev–Trinajstić information content (AvgIpc) is 3.29. The highest BCUT2D eigenvalue weighted by atomic mass is 32.2. The molecule has 5 aromatic rings. The molecule has 0 unspecified atom stereocenters. The third kappa shape index (κ3) is 3.76. The lowest BCUT2D eigenvalue weighted by molar-refractivity contribution is -0.116. The van der Waals surface area contributed by atoms with Crippen molar-refractivity contribution in [2.75, 3.05) is 17.2 Å². The number of carbonyl (C=O) groups is 1. The zero-order valence-electron chi connectivity index (χ0n) is 18.9. The number of hydrogen-bond donors (Lipinski definition) is 0. The third-order valence-corrected chi connectivity index (χ3v) is 6.67. The molecule has 0 radical (unpaired) electrons. The van der Waals surface area contributed by atoms with Crippen molar-refractivity contribution < 1.29 is 4.79 Å². The first-order valence-corrected chi connectivity index (χ1v) is 12.0. The zero-order valence-corrected chi connectivity index (χ0v) is 19.7. The van der Waals surface area contributed by atoms with Crippen LogP contribution < -0.4 is 10.5 Å². The van der Waals surface area contributed by atoms with Crippen molar-refractivity contribution in [3.63, 3.8) is 0 Å². The number of benzene rings is 3. The lowest BCUT2D eigenvalue weighted by Crippen LogP contribution is -2.32. The molecule has 0 saturated carbocycles. The molecular formula is C26H23N5O2S. The molecule has 7 nitrogen and oxygen atoms in total. The summed E-state index contributed by atoms with van der Waals surface area (Å²) in [4.78, 5) is 28.3. The van der Waals surface area contributed by atoms with Crippen molar-refractivity contribution in [1.29, 1.82) is 0 Å². The van der Waals surface area contributed by atoms with Gasteiger partial charge in [-0.1, -0.05) is 60.3 Å². The van der Waals surface area contributed by atoms with Crippen LogP contribution in [0.15, 0.2) is 88.8 Å². The number of hydrogen-bond acceptors (Lipinski definition) is 5. The molecule has 2 heterocycles. The van der Waals surface area contributed by atoms with E-state index in [1.165, 1.54) is 11.8 Å². The number of nitrogens with zero attached hydrogens (tertiary/aromatic N) is 5. The molecule has 0 aliphatic heterocycles. The minimum absolute atomic E-state index is 0.0213. The van der Waals surface area contributed by atoms with Gasteiger partial charge in [0.15, 0.2) is 5.16 Å². The van der Waals surface area contributed by atoms with Crippen LogP contribution in [0.25, 0.3) is 22.4 Å². The van der Waals surface area contributed by atoms with Gasteiger partial charge in [0.2, 0.25) is 11.7 Å². The van der Waals surface area contributed by atoms with Crippen molar-refractivity contribution in [2.45, 2.75) is 19.0 Å². The predicted molar refractivity (Wildman–Crippen MR) is 136 cm³/mol. The lowest BCUT2D eigenvalue weighted by atomic mass is 10.2. The largest absolute Gasteiger partial charge is 0.312 e. The Bertz CT molecular complexity index is 1560. The normalized spacial score (nSPS) is 11.2. The van der Waals surface area contributed by atoms with Crippen molar-refractivity contribution >= 4 is 40.0 Å². The van der Waals surface area contributed by atoms with Crippen LogP contribution >= 0.6 is 11.8 Å². The van der Waals surface area contributed by atoms with E-state index in [9.17, 15) is 9.59 Å². The summed E-state index contributed by atoms with van der Waals surface area (Å²) in [6, 6.07) is 24.7. The van der Waals surface area contributed by atoms with Gasteiger partial charge in [-0.2, -0.15) is 0 Å². The van der Waals surface area contributed by atoms with E-state index in [-0.39, 0.29) is 17.2 Å². The van der Waals surface area contributed by atoms with Crippen molar-refractivity contribution in [2.24, 2.45) is 0 Å². The molecule has 34 heavy (non-hydrogen) atoms. The molecule has 0 spiro atoms. The molecule has 0 N–H and O–H groups in total. The molecule has 0 fully saturated rings. The lowest BCUT2D eigenvalue weighted by Gasteiger charge is -2.20. The fourth-order valence-electron chi connectivity index (χ4n) is 4.12. The number of carbonyl (C=O) groups excluding carboxylic acids is 1. The van der Waals surface area contributed by atoms with Crippen LogP contribution in [-0.2, 0) is 4.79 Å². The van der Waals surface area contributed by atoms with Gasteiger partial charge in [-0.15, -0.1) is 10.2 Å². The topological polar surface area (TPSA) is 72.5 Å². The van der Waals surface area contributed by atoms with Crippen LogP contribution in [0.3, 0.4) is 0 Å². The summed E-state index contributed by atoms with van der Waals surface area (Å²) < 4.78 is 3.46. The van der Waals surface area contributed by atoms with Gasteiger partial charge in [-0.3, -0.25) is 14.0 Å². The molecule has 1 amide bonds. The Morgan fingerprint density at radius 1 is 0.941 bits per heavy atom. The SMILES string of the molecule is CCN(C(=O)CSc1nnc2n(-c3ccccc3C)c(=O)c3ccccc3n12)c1ccccc1. The average molecular weight is 470 g/mol. The van der Waals surface area contributed by atoms with Crippen molar-refractivity contribution in [1.82, 2.24) is 19.2 Å². The Labute approximate surface area is 200 Å². The number of thioether (sulfide) groups is 1. The molecule has 2 aromatic heterocycles. The highest BCUT2D eigenvalue weighted by Crippen LogP contribution is 2.25. The molecule has 0 bridgehead atoms. The van der Waals surface area contributed by atoms with Crippen LogP contribution in [0.4, 0.5) is 5.69 Å². The monoisotopic (exact) mass is 469 g/mol. The Balaban J connectivity index is 1.59. The predicted octanol–water partition coefficient (Wildman–Crippen LogP) is 4.49. The van der Waals surface area contributed by atoms with Gasteiger partial charge in [0.1, 0.15) is 0 Å². The Morgan fingerprint density at radius 2 is 1.65 bits per heavy atom. The third-order valence-electron chi connectivity index (χ3n) is 5.76. The maximum absolute atomic E-state index is 13.5. The van der Waals surface area contributed by atoms with Crippen LogP contribution in [0.5, 0.6) is 0 Å². The van der Waals surface area contributed by atoms with Crippen LogP contribution in [0.1, 0.15) is 12.5 Å². The van der Waals surface area contributed by atoms with Gasteiger partial charge < -0.3 is 4.90 Å². The van der Waals surface area contributed by atoms with Gasteiger partial charge in [-0.25, -0.2) is 4.57 Å². The van der Waals surface area contributed by atoms with E-state index >= 15 is 0 Å². The molecule has 170 valence electrons. The van der Waals surface area contributed by atoms with Crippen molar-refractivity contribution in [3.8, 4) is 5.69 Å². The fourth-order valence-corrected chi connectivity index (χ4v) is 4.93. The van der Waals surface area contributed by atoms with Gasteiger partial charge in [0.25, 0.3) is 5.56 Å². The maximum Gasteiger partial charge on any atom is 0.267 e. The summed E-state index contributed by atoms with van der Waals surface area (Å²) in [7, 11) is 0. The van der Waals surface area contributed by atoms with E-state index in [4.69, 9.17) is 0 Å². The first-order valence-electron chi connectivity index (χ1n) is 11.0. The molecular weight excluding hydrogens is 446 g/mol. The summed E-state index contributed by atoms with van der Waals surface area (Å²) in [5.41, 5.74) is 3.13. The van der Waals surface area contributed by atoms with Crippen LogP contribution in [0.2, 0.25) is 0 Å². The van der Waals surface area contributed by atoms with E-state index in [1.807, 2.05) is 91.0 Å². The minimum Gasteiger partial charge on any atom is -0.312 e. The van der Waals surface area contributed by atoms with Crippen LogP contribution in [-0.4, -0.2) is 37.4 Å². The first kappa shape index (κ1) is 21.9. The number of para-hydroxylation sites is 3. The van der Waals surface area contributed by atoms with E-state index in [1.54, 1.807) is 15.5 Å². The first-order chi connectivity index (χ1) is 16.6. The second-order valence-corrected chi connectivity index (χ2v) is 8.77. The quantitative estimate of drug-likeness (QED) is 0.343. The van der Waals surface area contributed by atoms with E-state index in [2.05, 4.69) is 10.2 Å². The highest BCUT2D eigenvalue weighted by molar-refractivity contribution is 7.99. The second-order valence-electron chi connectivity index (χ2n) is 7.82. The van der Waals surface area contributed by atoms with E-state index < -0.39 is 0 Å². The van der Waals surface area contributed by atoms with Gasteiger partial charge in [0, 0.05) is 12.2 Å². The summed E-state index contributed by atoms with van der Waals surface area (Å²) >= 11 is 1.31. The summed E-state index contributed by atoms with van der Waals surface area (Å²) in [6.45, 7) is 4.48. The summed E-state index contributed by atoms with van der Waals surface area (Å²) in [6.07, 6.45) is 0.